The molecule has 0 spiro atoms. The standard InChI is InChI=1S/C18H19NO2S/c1-3-5-14-7-9-15(10-8-14)18-12-11-17(22(19,20)21)13-16(18)6-4-2/h1,7-13H,4-6H2,2H3,(H2,19,20,21). The lowest BCUT2D eigenvalue weighted by Gasteiger charge is -2.11. The van der Waals surface area contributed by atoms with Gasteiger partial charge in [0.1, 0.15) is 0 Å². The Bertz CT molecular complexity index is 800. The highest BCUT2D eigenvalue weighted by Gasteiger charge is 2.12. The minimum atomic E-state index is -3.68. The van der Waals surface area contributed by atoms with Gasteiger partial charge in [-0.1, -0.05) is 43.7 Å². The first kappa shape index (κ1) is 16.3. The summed E-state index contributed by atoms with van der Waals surface area (Å²) in [6, 6.07) is 13.1. The van der Waals surface area contributed by atoms with E-state index in [0.717, 1.165) is 35.1 Å². The lowest BCUT2D eigenvalue weighted by molar-refractivity contribution is 0.597. The Morgan fingerprint density at radius 1 is 1.14 bits per heavy atom. The normalized spacial score (nSPS) is 11.1. The summed E-state index contributed by atoms with van der Waals surface area (Å²) in [5, 5.41) is 5.22. The third-order valence-corrected chi connectivity index (χ3v) is 4.41. The van der Waals surface area contributed by atoms with E-state index in [9.17, 15) is 8.42 Å². The van der Waals surface area contributed by atoms with Gasteiger partial charge < -0.3 is 0 Å². The highest BCUT2D eigenvalue weighted by molar-refractivity contribution is 7.89. The van der Waals surface area contributed by atoms with Gasteiger partial charge in [-0.05, 0) is 40.8 Å². The Hall–Kier alpha value is -2.09. The highest BCUT2D eigenvalue weighted by Crippen LogP contribution is 2.27. The summed E-state index contributed by atoms with van der Waals surface area (Å²) in [6.07, 6.45) is 7.64. The maximum absolute atomic E-state index is 11.5. The highest BCUT2D eigenvalue weighted by atomic mass is 32.2. The van der Waals surface area contributed by atoms with Crippen LogP contribution in [0.2, 0.25) is 0 Å². The first-order chi connectivity index (χ1) is 10.5. The molecule has 0 aliphatic heterocycles. The lowest BCUT2D eigenvalue weighted by atomic mass is 9.96. The molecule has 0 heterocycles. The van der Waals surface area contributed by atoms with Gasteiger partial charge in [0.2, 0.25) is 10.0 Å². The number of primary sulfonamides is 1. The van der Waals surface area contributed by atoms with Gasteiger partial charge in [0.05, 0.1) is 4.90 Å². The van der Waals surface area contributed by atoms with Crippen LogP contribution in [0.1, 0.15) is 24.5 Å². The third-order valence-electron chi connectivity index (χ3n) is 3.50. The maximum atomic E-state index is 11.5. The van der Waals surface area contributed by atoms with Crippen LogP contribution in [0.5, 0.6) is 0 Å². The molecule has 0 amide bonds. The molecule has 0 aliphatic rings. The van der Waals surface area contributed by atoms with Crippen molar-refractivity contribution in [1.82, 2.24) is 0 Å². The SMILES string of the molecule is C#CCc1ccc(-c2ccc(S(N)(=O)=O)cc2CCC)cc1. The second kappa shape index (κ2) is 6.78. The average Bonchev–Trinajstić information content (AvgIpc) is 2.48. The summed E-state index contributed by atoms with van der Waals surface area (Å²) in [6.45, 7) is 2.06. The van der Waals surface area contributed by atoms with Crippen molar-refractivity contribution in [3.8, 4) is 23.5 Å². The van der Waals surface area contributed by atoms with Crippen LogP contribution in [0.3, 0.4) is 0 Å². The van der Waals surface area contributed by atoms with Crippen LogP contribution in [-0.4, -0.2) is 8.42 Å². The van der Waals surface area contributed by atoms with Crippen LogP contribution in [0.25, 0.3) is 11.1 Å². The molecule has 0 unspecified atom stereocenters. The van der Waals surface area contributed by atoms with Gasteiger partial charge in [-0.3, -0.25) is 0 Å². The largest absolute Gasteiger partial charge is 0.238 e. The van der Waals surface area contributed by atoms with E-state index in [0.29, 0.717) is 6.42 Å². The Morgan fingerprint density at radius 2 is 1.82 bits per heavy atom. The zero-order chi connectivity index (χ0) is 16.2. The van der Waals surface area contributed by atoms with Crippen LogP contribution < -0.4 is 5.14 Å². The Balaban J connectivity index is 2.48. The van der Waals surface area contributed by atoms with E-state index in [4.69, 9.17) is 11.6 Å². The van der Waals surface area contributed by atoms with Crippen molar-refractivity contribution in [2.45, 2.75) is 31.1 Å². The lowest BCUT2D eigenvalue weighted by Crippen LogP contribution is -2.12. The van der Waals surface area contributed by atoms with Crippen molar-refractivity contribution in [2.24, 2.45) is 5.14 Å². The van der Waals surface area contributed by atoms with Crippen molar-refractivity contribution in [2.75, 3.05) is 0 Å². The zero-order valence-corrected chi connectivity index (χ0v) is 13.4. The number of sulfonamides is 1. The first-order valence-electron chi connectivity index (χ1n) is 7.14. The van der Waals surface area contributed by atoms with Crippen LogP contribution >= 0.6 is 0 Å². The zero-order valence-electron chi connectivity index (χ0n) is 12.5. The molecule has 2 rings (SSSR count). The maximum Gasteiger partial charge on any atom is 0.238 e. The van der Waals surface area contributed by atoms with Crippen molar-refractivity contribution in [3.63, 3.8) is 0 Å². The van der Waals surface area contributed by atoms with Gasteiger partial charge >= 0.3 is 0 Å². The fourth-order valence-electron chi connectivity index (χ4n) is 2.42. The van der Waals surface area contributed by atoms with Crippen LogP contribution in [0, 0.1) is 12.3 Å². The van der Waals surface area contributed by atoms with E-state index in [-0.39, 0.29) is 4.90 Å². The molecule has 3 nitrogen and oxygen atoms in total. The Morgan fingerprint density at radius 3 is 2.36 bits per heavy atom. The van der Waals surface area contributed by atoms with Gasteiger partial charge in [0.15, 0.2) is 0 Å². The van der Waals surface area contributed by atoms with Crippen LogP contribution in [0.4, 0.5) is 0 Å². The van der Waals surface area contributed by atoms with Gasteiger partial charge in [0.25, 0.3) is 0 Å². The van der Waals surface area contributed by atoms with E-state index in [2.05, 4.69) is 12.8 Å². The number of aryl methyl sites for hydroxylation is 1. The monoisotopic (exact) mass is 313 g/mol. The molecule has 4 heteroatoms. The molecule has 0 atom stereocenters. The van der Waals surface area contributed by atoms with Crippen LogP contribution in [-0.2, 0) is 22.9 Å². The summed E-state index contributed by atoms with van der Waals surface area (Å²) in [4.78, 5) is 0.156. The molecule has 0 aliphatic carbocycles. The molecule has 2 aromatic carbocycles. The fourth-order valence-corrected chi connectivity index (χ4v) is 2.99. The third kappa shape index (κ3) is 3.76. The molecule has 0 aromatic heterocycles. The molecule has 114 valence electrons. The molecule has 0 radical (unpaired) electrons. The van der Waals surface area contributed by atoms with E-state index in [1.165, 1.54) is 0 Å². The van der Waals surface area contributed by atoms with Gasteiger partial charge in [0, 0.05) is 6.42 Å². The molecule has 2 aromatic rings. The quantitative estimate of drug-likeness (QED) is 0.862. The molecular weight excluding hydrogens is 294 g/mol. The number of nitrogens with two attached hydrogens (primary N) is 1. The predicted molar refractivity (Wildman–Crippen MR) is 89.8 cm³/mol. The van der Waals surface area contributed by atoms with Gasteiger partial charge in [-0.2, -0.15) is 0 Å². The van der Waals surface area contributed by atoms with Crippen LogP contribution in [0.15, 0.2) is 47.4 Å². The van der Waals surface area contributed by atoms with E-state index >= 15 is 0 Å². The summed E-state index contributed by atoms with van der Waals surface area (Å²) >= 11 is 0. The van der Waals surface area contributed by atoms with Crippen molar-refractivity contribution in [1.29, 1.82) is 0 Å². The second-order valence-electron chi connectivity index (χ2n) is 5.19. The number of hydrogen-bond acceptors (Lipinski definition) is 2. The van der Waals surface area contributed by atoms with E-state index in [1.54, 1.807) is 12.1 Å². The summed E-state index contributed by atoms with van der Waals surface area (Å²) in [5.74, 6) is 2.62. The summed E-state index contributed by atoms with van der Waals surface area (Å²) in [5.41, 5.74) is 4.15. The van der Waals surface area contributed by atoms with Crippen molar-refractivity contribution < 1.29 is 8.42 Å². The summed E-state index contributed by atoms with van der Waals surface area (Å²) in [7, 11) is -3.68. The Kier molecular flexibility index (Phi) is 5.02. The summed E-state index contributed by atoms with van der Waals surface area (Å²) < 4.78 is 23.0. The van der Waals surface area contributed by atoms with E-state index < -0.39 is 10.0 Å². The minimum Gasteiger partial charge on any atom is -0.225 e. The molecule has 2 N–H and O–H groups in total. The second-order valence-corrected chi connectivity index (χ2v) is 6.75. The number of terminal acetylenes is 1. The smallest absolute Gasteiger partial charge is 0.225 e. The first-order valence-corrected chi connectivity index (χ1v) is 8.69. The Labute approximate surface area is 132 Å². The molecule has 0 saturated heterocycles. The molecular formula is C18H19NO2S. The fraction of sp³-hybridized carbons (Fsp3) is 0.222. The molecule has 0 bridgehead atoms. The topological polar surface area (TPSA) is 60.2 Å². The molecule has 0 saturated carbocycles. The van der Waals surface area contributed by atoms with Crippen molar-refractivity contribution >= 4 is 10.0 Å². The van der Waals surface area contributed by atoms with Crippen molar-refractivity contribution in [3.05, 3.63) is 53.6 Å². The number of rotatable bonds is 5. The van der Waals surface area contributed by atoms with E-state index in [1.807, 2.05) is 30.3 Å². The van der Waals surface area contributed by atoms with Gasteiger partial charge in [-0.25, -0.2) is 13.6 Å². The number of hydrogen-bond donors (Lipinski definition) is 1. The molecule has 0 fully saturated rings. The minimum absolute atomic E-state index is 0.156. The molecule has 22 heavy (non-hydrogen) atoms. The predicted octanol–water partition coefficient (Wildman–Crippen LogP) is 3.13. The van der Waals surface area contributed by atoms with Gasteiger partial charge in [-0.15, -0.1) is 12.3 Å². The average molecular weight is 313 g/mol. The number of benzene rings is 2.